The van der Waals surface area contributed by atoms with Gasteiger partial charge in [-0.1, -0.05) is 48.0 Å². The highest BCUT2D eigenvalue weighted by molar-refractivity contribution is 5.94. The quantitative estimate of drug-likeness (QED) is 0.458. The van der Waals surface area contributed by atoms with Gasteiger partial charge in [0.1, 0.15) is 5.82 Å². The van der Waals surface area contributed by atoms with Gasteiger partial charge < -0.3 is 20.9 Å². The van der Waals surface area contributed by atoms with Gasteiger partial charge in [0, 0.05) is 38.1 Å². The molecule has 0 spiro atoms. The third-order valence-electron chi connectivity index (χ3n) is 6.43. The number of nitrogens with zero attached hydrogens (tertiary/aromatic N) is 5. The molecule has 4 aromatic rings. The average molecular weight is 478 g/mol. The molecule has 0 bridgehead atoms. The van der Waals surface area contributed by atoms with E-state index in [1.54, 1.807) is 0 Å². The number of nitrogens with two attached hydrogens (primary N) is 1. The molecule has 8 nitrogen and oxygen atoms in total. The van der Waals surface area contributed by atoms with Crippen molar-refractivity contribution in [2.45, 2.75) is 13.5 Å². The summed E-state index contributed by atoms with van der Waals surface area (Å²) in [6.45, 7) is 5.00. The minimum atomic E-state index is -0.0636. The second kappa shape index (κ2) is 9.92. The Hall–Kier alpha value is -4.64. The Morgan fingerprint density at radius 3 is 2.47 bits per heavy atom. The van der Waals surface area contributed by atoms with Crippen LogP contribution in [0.1, 0.15) is 16.7 Å². The van der Waals surface area contributed by atoms with Crippen molar-refractivity contribution in [1.29, 1.82) is 5.26 Å². The summed E-state index contributed by atoms with van der Waals surface area (Å²) in [5.74, 6) is 0.995. The number of nitrogens with one attached hydrogen (secondary N) is 1. The second-order valence-corrected chi connectivity index (χ2v) is 8.95. The average Bonchev–Trinajstić information content (AvgIpc) is 2.91. The lowest BCUT2D eigenvalue weighted by Crippen LogP contribution is -2.52. The lowest BCUT2D eigenvalue weighted by atomic mass is 10.0. The van der Waals surface area contributed by atoms with E-state index in [9.17, 15) is 4.79 Å². The molecule has 0 aliphatic carbocycles. The smallest absolute Gasteiger partial charge is 0.317 e. The number of hydrogen-bond acceptors (Lipinski definition) is 6. The Kier molecular flexibility index (Phi) is 6.37. The van der Waals surface area contributed by atoms with Crippen molar-refractivity contribution < 1.29 is 4.79 Å². The Bertz CT molecular complexity index is 1450. The van der Waals surface area contributed by atoms with E-state index in [-0.39, 0.29) is 12.0 Å². The van der Waals surface area contributed by atoms with Crippen molar-refractivity contribution in [3.63, 3.8) is 0 Å². The standard InChI is InChI=1S/C28H27N7O/c1-19-3-2-4-21(15-19)18-31-28(36)35-13-11-34(12-14-35)26-24-16-23(9-10-25(24)32-27(30)33-26)22-7-5-20(17-29)6-8-22/h2-10,15-16H,11-14,18H2,1H3,(H,31,36)(H2,30,32,33). The highest BCUT2D eigenvalue weighted by Crippen LogP contribution is 2.30. The number of anilines is 2. The van der Waals surface area contributed by atoms with Crippen molar-refractivity contribution >= 4 is 28.7 Å². The molecule has 1 fully saturated rings. The molecule has 1 aliphatic heterocycles. The van der Waals surface area contributed by atoms with Gasteiger partial charge in [-0.2, -0.15) is 10.2 Å². The number of aromatic nitrogens is 2. The topological polar surface area (TPSA) is 111 Å². The molecule has 5 rings (SSSR count). The van der Waals surface area contributed by atoms with Crippen LogP contribution in [0.4, 0.5) is 16.6 Å². The molecule has 0 saturated carbocycles. The van der Waals surface area contributed by atoms with Crippen LogP contribution in [0.3, 0.4) is 0 Å². The number of carbonyl (C=O) groups excluding carboxylic acids is 1. The molecule has 1 aliphatic rings. The van der Waals surface area contributed by atoms with Crippen molar-refractivity contribution in [1.82, 2.24) is 20.2 Å². The zero-order valence-corrected chi connectivity index (χ0v) is 20.1. The Labute approximate surface area is 210 Å². The first-order chi connectivity index (χ1) is 17.5. The van der Waals surface area contributed by atoms with Crippen LogP contribution in [0.15, 0.2) is 66.7 Å². The SMILES string of the molecule is Cc1cccc(CNC(=O)N2CCN(c3nc(N)nc4ccc(-c5ccc(C#N)cc5)cc34)CC2)c1. The third kappa shape index (κ3) is 4.91. The first kappa shape index (κ1) is 23.1. The van der Waals surface area contributed by atoms with E-state index in [1.807, 2.05) is 66.4 Å². The molecule has 180 valence electrons. The molecule has 1 saturated heterocycles. The van der Waals surface area contributed by atoms with Crippen LogP contribution in [0.2, 0.25) is 0 Å². The predicted molar refractivity (Wildman–Crippen MR) is 141 cm³/mol. The number of piperazine rings is 1. The Morgan fingerprint density at radius 1 is 1.00 bits per heavy atom. The first-order valence-electron chi connectivity index (χ1n) is 11.9. The van der Waals surface area contributed by atoms with E-state index < -0.39 is 0 Å². The van der Waals surface area contributed by atoms with Crippen LogP contribution in [0.25, 0.3) is 22.0 Å². The zero-order valence-electron chi connectivity index (χ0n) is 20.1. The van der Waals surface area contributed by atoms with Crippen LogP contribution in [0, 0.1) is 18.3 Å². The van der Waals surface area contributed by atoms with Crippen molar-refractivity contribution in [3.05, 3.63) is 83.4 Å². The molecule has 0 unspecified atom stereocenters. The zero-order chi connectivity index (χ0) is 25.1. The van der Waals surface area contributed by atoms with Gasteiger partial charge >= 0.3 is 6.03 Å². The maximum Gasteiger partial charge on any atom is 0.317 e. The number of nitrogen functional groups attached to an aromatic ring is 1. The summed E-state index contributed by atoms with van der Waals surface area (Å²) in [5.41, 5.74) is 11.7. The molecule has 0 radical (unpaired) electrons. The van der Waals surface area contributed by atoms with Gasteiger partial charge in [0.2, 0.25) is 5.95 Å². The molecule has 3 aromatic carbocycles. The number of rotatable bonds is 4. The number of carbonyl (C=O) groups is 1. The summed E-state index contributed by atoms with van der Waals surface area (Å²) in [5, 5.41) is 13.0. The number of amides is 2. The third-order valence-corrected chi connectivity index (χ3v) is 6.43. The van der Waals surface area contributed by atoms with Crippen LogP contribution in [-0.4, -0.2) is 47.1 Å². The minimum absolute atomic E-state index is 0.0636. The summed E-state index contributed by atoms with van der Waals surface area (Å²) in [4.78, 5) is 25.7. The fraction of sp³-hybridized carbons (Fsp3) is 0.214. The summed E-state index contributed by atoms with van der Waals surface area (Å²) in [7, 11) is 0. The van der Waals surface area contributed by atoms with Gasteiger partial charge in [-0.3, -0.25) is 0 Å². The van der Waals surface area contributed by atoms with Crippen LogP contribution in [-0.2, 0) is 6.54 Å². The fourth-order valence-corrected chi connectivity index (χ4v) is 4.52. The normalized spacial score (nSPS) is 13.4. The minimum Gasteiger partial charge on any atom is -0.368 e. The highest BCUT2D eigenvalue weighted by Gasteiger charge is 2.24. The molecule has 1 aromatic heterocycles. The molecule has 0 atom stereocenters. The van der Waals surface area contributed by atoms with Gasteiger partial charge in [0.25, 0.3) is 0 Å². The fourth-order valence-electron chi connectivity index (χ4n) is 4.52. The number of fused-ring (bicyclic) bond motifs is 1. The van der Waals surface area contributed by atoms with E-state index in [1.165, 1.54) is 5.56 Å². The second-order valence-electron chi connectivity index (χ2n) is 8.95. The highest BCUT2D eigenvalue weighted by atomic mass is 16.2. The molecular formula is C28H27N7O. The van der Waals surface area contributed by atoms with Gasteiger partial charge in [0.05, 0.1) is 17.1 Å². The van der Waals surface area contributed by atoms with Crippen molar-refractivity contribution in [3.8, 4) is 17.2 Å². The molecule has 3 N–H and O–H groups in total. The van der Waals surface area contributed by atoms with Crippen molar-refractivity contribution in [2.24, 2.45) is 0 Å². The summed E-state index contributed by atoms with van der Waals surface area (Å²) < 4.78 is 0. The lowest BCUT2D eigenvalue weighted by molar-refractivity contribution is 0.194. The number of nitriles is 1. The van der Waals surface area contributed by atoms with Crippen molar-refractivity contribution in [2.75, 3.05) is 36.8 Å². The van der Waals surface area contributed by atoms with E-state index in [0.29, 0.717) is 38.3 Å². The molecule has 36 heavy (non-hydrogen) atoms. The van der Waals surface area contributed by atoms with Gasteiger partial charge in [-0.25, -0.2) is 9.78 Å². The van der Waals surface area contributed by atoms with Gasteiger partial charge in [0.15, 0.2) is 0 Å². The van der Waals surface area contributed by atoms with Crippen LogP contribution in [0.5, 0.6) is 0 Å². The van der Waals surface area contributed by atoms with E-state index >= 15 is 0 Å². The molecule has 8 heteroatoms. The maximum absolute atomic E-state index is 12.7. The van der Waals surface area contributed by atoms with Crippen LogP contribution >= 0.6 is 0 Å². The van der Waals surface area contributed by atoms with Gasteiger partial charge in [-0.05, 0) is 47.9 Å². The van der Waals surface area contributed by atoms with Crippen LogP contribution < -0.4 is 16.0 Å². The Morgan fingerprint density at radius 2 is 1.75 bits per heavy atom. The maximum atomic E-state index is 12.7. The molecule has 2 heterocycles. The van der Waals surface area contributed by atoms with E-state index in [2.05, 4.69) is 38.4 Å². The van der Waals surface area contributed by atoms with Gasteiger partial charge in [-0.15, -0.1) is 0 Å². The Balaban J connectivity index is 1.31. The number of hydrogen-bond donors (Lipinski definition) is 2. The van der Waals surface area contributed by atoms with E-state index in [0.717, 1.165) is 33.4 Å². The predicted octanol–water partition coefficient (Wildman–Crippen LogP) is 4.09. The lowest BCUT2D eigenvalue weighted by Gasteiger charge is -2.35. The molecule has 2 amide bonds. The number of urea groups is 1. The first-order valence-corrected chi connectivity index (χ1v) is 11.9. The molecular weight excluding hydrogens is 450 g/mol. The summed E-state index contributed by atoms with van der Waals surface area (Å²) in [6, 6.07) is 23.7. The van der Waals surface area contributed by atoms with E-state index in [4.69, 9.17) is 11.0 Å². The number of aryl methyl sites for hydroxylation is 1. The number of benzene rings is 3. The largest absolute Gasteiger partial charge is 0.368 e. The monoisotopic (exact) mass is 477 g/mol. The summed E-state index contributed by atoms with van der Waals surface area (Å²) in [6.07, 6.45) is 0. The summed E-state index contributed by atoms with van der Waals surface area (Å²) >= 11 is 0.